The van der Waals surface area contributed by atoms with Crippen molar-refractivity contribution in [1.82, 2.24) is 15.0 Å². The number of rotatable bonds is 2. The monoisotopic (exact) mass is 222 g/mol. The highest BCUT2D eigenvalue weighted by Gasteiger charge is 2.07. The molecule has 2 aromatic rings. The molecule has 1 aromatic heterocycles. The molecule has 0 fully saturated rings. The van der Waals surface area contributed by atoms with Crippen LogP contribution in [-0.4, -0.2) is 20.7 Å². The number of benzene rings is 1. The average molecular weight is 222 g/mol. The third-order valence-corrected chi connectivity index (χ3v) is 2.59. The highest BCUT2D eigenvalue weighted by Crippen LogP contribution is 2.18. The summed E-state index contributed by atoms with van der Waals surface area (Å²) in [5.74, 6) is 0.688. The molecular formula is C13H10N4. The van der Waals surface area contributed by atoms with Gasteiger partial charge in [0.2, 0.25) is 0 Å². The van der Waals surface area contributed by atoms with Crippen molar-refractivity contribution in [2.75, 3.05) is 0 Å². The van der Waals surface area contributed by atoms with Gasteiger partial charge in [0.1, 0.15) is 12.7 Å². The summed E-state index contributed by atoms with van der Waals surface area (Å²) >= 11 is 0. The first-order chi connectivity index (χ1) is 8.43. The smallest absolute Gasteiger partial charge is 0.162 e. The average Bonchev–Trinajstić information content (AvgIpc) is 2.94. The molecule has 0 N–H and O–H groups in total. The Morgan fingerprint density at radius 1 is 1.00 bits per heavy atom. The molecule has 0 amide bonds. The summed E-state index contributed by atoms with van der Waals surface area (Å²) in [6.45, 7) is 0. The molecule has 1 aromatic carbocycles. The number of allylic oxidation sites excluding steroid dienone is 1. The molecule has 0 saturated heterocycles. The third-order valence-electron chi connectivity index (χ3n) is 2.59. The fraction of sp³-hybridized carbons (Fsp3) is 0.0769. The Kier molecular flexibility index (Phi) is 2.46. The minimum Gasteiger partial charge on any atom is -0.261 e. The summed E-state index contributed by atoms with van der Waals surface area (Å²) in [4.78, 5) is 16.4. The molecule has 4 heteroatoms. The van der Waals surface area contributed by atoms with Crippen LogP contribution in [0.15, 0.2) is 54.2 Å². The maximum atomic E-state index is 4.32. The van der Waals surface area contributed by atoms with E-state index in [-0.39, 0.29) is 0 Å². The third kappa shape index (κ3) is 1.97. The molecule has 0 radical (unpaired) electrons. The van der Waals surface area contributed by atoms with Gasteiger partial charge in [-0.1, -0.05) is 24.3 Å². The normalized spacial score (nSPS) is 13.8. The van der Waals surface area contributed by atoms with Gasteiger partial charge in [-0.3, -0.25) is 4.99 Å². The molecule has 1 aliphatic heterocycles. The van der Waals surface area contributed by atoms with Crippen molar-refractivity contribution in [3.05, 3.63) is 54.8 Å². The predicted octanol–water partition coefficient (Wildman–Crippen LogP) is 2.25. The van der Waals surface area contributed by atoms with Gasteiger partial charge in [0, 0.05) is 18.2 Å². The van der Waals surface area contributed by atoms with E-state index in [1.54, 1.807) is 0 Å². The first kappa shape index (κ1) is 9.84. The van der Waals surface area contributed by atoms with E-state index in [1.807, 2.05) is 24.4 Å². The van der Waals surface area contributed by atoms with E-state index in [2.05, 4.69) is 32.1 Å². The second kappa shape index (κ2) is 4.25. The van der Waals surface area contributed by atoms with Crippen LogP contribution in [0.25, 0.3) is 11.4 Å². The summed E-state index contributed by atoms with van der Waals surface area (Å²) < 4.78 is 0. The van der Waals surface area contributed by atoms with E-state index in [0.717, 1.165) is 23.3 Å². The summed E-state index contributed by atoms with van der Waals surface area (Å²) in [5, 5.41) is 0. The van der Waals surface area contributed by atoms with Crippen LogP contribution in [0.5, 0.6) is 0 Å². The van der Waals surface area contributed by atoms with Crippen LogP contribution in [0.3, 0.4) is 0 Å². The molecule has 0 unspecified atom stereocenters. The van der Waals surface area contributed by atoms with Crippen LogP contribution in [0, 0.1) is 0 Å². The van der Waals surface area contributed by atoms with Gasteiger partial charge in [-0.05, 0) is 11.6 Å². The Bertz CT molecular complexity index is 587. The highest BCUT2D eigenvalue weighted by molar-refractivity contribution is 6.03. The van der Waals surface area contributed by atoms with E-state index in [0.29, 0.717) is 5.82 Å². The minimum absolute atomic E-state index is 0.688. The number of aromatic nitrogens is 3. The number of hydrogen-bond acceptors (Lipinski definition) is 4. The Balaban J connectivity index is 2.00. The zero-order chi connectivity index (χ0) is 11.5. The standard InChI is InChI=1S/C13H10N4/c1-3-10(12-5-2-6-15-12)7-11(4-1)13-16-8-14-9-17-13/h1-4,6-9H,5H2. The molecule has 0 bridgehead atoms. The van der Waals surface area contributed by atoms with Gasteiger partial charge in [-0.25, -0.2) is 15.0 Å². The van der Waals surface area contributed by atoms with Crippen molar-refractivity contribution in [3.63, 3.8) is 0 Å². The minimum atomic E-state index is 0.688. The van der Waals surface area contributed by atoms with Crippen molar-refractivity contribution in [2.45, 2.75) is 6.42 Å². The molecule has 0 spiro atoms. The van der Waals surface area contributed by atoms with Gasteiger partial charge in [-0.2, -0.15) is 0 Å². The molecule has 1 aliphatic rings. The highest BCUT2D eigenvalue weighted by atomic mass is 15.0. The van der Waals surface area contributed by atoms with Crippen LogP contribution in [0.4, 0.5) is 0 Å². The second-order valence-corrected chi connectivity index (χ2v) is 3.71. The summed E-state index contributed by atoms with van der Waals surface area (Å²) in [6.07, 6.45) is 7.78. The quantitative estimate of drug-likeness (QED) is 0.783. The van der Waals surface area contributed by atoms with Crippen molar-refractivity contribution >= 4 is 5.71 Å². The first-order valence-electron chi connectivity index (χ1n) is 5.38. The lowest BCUT2D eigenvalue weighted by Gasteiger charge is -2.03. The van der Waals surface area contributed by atoms with Crippen LogP contribution in [-0.2, 0) is 0 Å². The molecule has 0 aliphatic carbocycles. The van der Waals surface area contributed by atoms with Crippen LogP contribution >= 0.6 is 0 Å². The van der Waals surface area contributed by atoms with Crippen LogP contribution < -0.4 is 0 Å². The van der Waals surface area contributed by atoms with Crippen LogP contribution in [0.2, 0.25) is 0 Å². The summed E-state index contributed by atoms with van der Waals surface area (Å²) in [5.41, 5.74) is 3.19. The molecule has 4 nitrogen and oxygen atoms in total. The van der Waals surface area contributed by atoms with Gasteiger partial charge in [0.15, 0.2) is 5.82 Å². The Morgan fingerprint density at radius 3 is 2.59 bits per heavy atom. The maximum Gasteiger partial charge on any atom is 0.162 e. The lowest BCUT2D eigenvalue weighted by molar-refractivity contribution is 1.06. The zero-order valence-electron chi connectivity index (χ0n) is 9.11. The SMILES string of the molecule is C1=CN=C(c2cccc(-c3ncncn3)c2)C1. The zero-order valence-corrected chi connectivity index (χ0v) is 9.11. The van der Waals surface area contributed by atoms with E-state index in [9.17, 15) is 0 Å². The van der Waals surface area contributed by atoms with Crippen molar-refractivity contribution in [1.29, 1.82) is 0 Å². The lowest BCUT2D eigenvalue weighted by Crippen LogP contribution is -1.97. The van der Waals surface area contributed by atoms with Gasteiger partial charge in [0.25, 0.3) is 0 Å². The molecule has 0 atom stereocenters. The predicted molar refractivity (Wildman–Crippen MR) is 65.6 cm³/mol. The topological polar surface area (TPSA) is 51.0 Å². The maximum absolute atomic E-state index is 4.32. The number of hydrogen-bond donors (Lipinski definition) is 0. The lowest BCUT2D eigenvalue weighted by atomic mass is 10.0. The number of aliphatic imine (C=N–C) groups is 1. The molecule has 17 heavy (non-hydrogen) atoms. The molecule has 2 heterocycles. The van der Waals surface area contributed by atoms with Gasteiger partial charge >= 0.3 is 0 Å². The number of nitrogens with zero attached hydrogens (tertiary/aromatic N) is 4. The van der Waals surface area contributed by atoms with Gasteiger partial charge < -0.3 is 0 Å². The molecule has 82 valence electrons. The van der Waals surface area contributed by atoms with Gasteiger partial charge in [0.05, 0.1) is 5.71 Å². The summed E-state index contributed by atoms with van der Waals surface area (Å²) in [7, 11) is 0. The fourth-order valence-electron chi connectivity index (χ4n) is 1.78. The summed E-state index contributed by atoms with van der Waals surface area (Å²) in [6, 6.07) is 8.09. The van der Waals surface area contributed by atoms with Crippen molar-refractivity contribution in [3.8, 4) is 11.4 Å². The molecule has 3 rings (SSSR count). The second-order valence-electron chi connectivity index (χ2n) is 3.71. The van der Waals surface area contributed by atoms with Crippen LogP contribution in [0.1, 0.15) is 12.0 Å². The Hall–Kier alpha value is -2.36. The molecule has 0 saturated carbocycles. The molecular weight excluding hydrogens is 212 g/mol. The van der Waals surface area contributed by atoms with Gasteiger partial charge in [-0.15, -0.1) is 0 Å². The Labute approximate surface area is 98.8 Å². The van der Waals surface area contributed by atoms with Crippen molar-refractivity contribution < 1.29 is 0 Å². The van der Waals surface area contributed by atoms with E-state index >= 15 is 0 Å². The van der Waals surface area contributed by atoms with E-state index < -0.39 is 0 Å². The fourth-order valence-corrected chi connectivity index (χ4v) is 1.78. The van der Waals surface area contributed by atoms with Crippen molar-refractivity contribution in [2.24, 2.45) is 4.99 Å². The largest absolute Gasteiger partial charge is 0.261 e. The first-order valence-corrected chi connectivity index (χ1v) is 5.38. The van der Waals surface area contributed by atoms with E-state index in [1.165, 1.54) is 12.7 Å². The van der Waals surface area contributed by atoms with E-state index in [4.69, 9.17) is 0 Å². The Morgan fingerprint density at radius 2 is 1.82 bits per heavy atom.